The van der Waals surface area contributed by atoms with Crippen molar-refractivity contribution >= 4 is 34.7 Å². The Hall–Kier alpha value is -3.05. The van der Waals surface area contributed by atoms with E-state index in [0.717, 1.165) is 11.4 Å². The lowest BCUT2D eigenvalue weighted by molar-refractivity contribution is 0.102. The number of anilines is 3. The van der Waals surface area contributed by atoms with Crippen molar-refractivity contribution in [2.45, 2.75) is 0 Å². The molecule has 0 aliphatic rings. The SMILES string of the molecule is COc1ccc(Nc2ncccc2C(=O)Nc2ccccc2Cl)cc1. The highest BCUT2D eigenvalue weighted by atomic mass is 35.5. The van der Waals surface area contributed by atoms with E-state index in [9.17, 15) is 4.79 Å². The predicted octanol–water partition coefficient (Wildman–Crippen LogP) is 4.74. The number of benzene rings is 2. The molecular weight excluding hydrogens is 338 g/mol. The van der Waals surface area contributed by atoms with Gasteiger partial charge in [-0.3, -0.25) is 4.79 Å². The Morgan fingerprint density at radius 2 is 1.80 bits per heavy atom. The maximum atomic E-state index is 12.6. The van der Waals surface area contributed by atoms with Gasteiger partial charge in [0.2, 0.25) is 0 Å². The average Bonchev–Trinajstić information content (AvgIpc) is 2.64. The number of methoxy groups -OCH3 is 1. The molecule has 2 N–H and O–H groups in total. The van der Waals surface area contributed by atoms with Crippen LogP contribution >= 0.6 is 11.6 Å². The smallest absolute Gasteiger partial charge is 0.259 e. The fraction of sp³-hybridized carbons (Fsp3) is 0.0526. The van der Waals surface area contributed by atoms with Gasteiger partial charge in [0, 0.05) is 11.9 Å². The Labute approximate surface area is 150 Å². The number of nitrogens with one attached hydrogen (secondary N) is 2. The van der Waals surface area contributed by atoms with Crippen molar-refractivity contribution in [3.8, 4) is 5.75 Å². The van der Waals surface area contributed by atoms with Crippen molar-refractivity contribution in [3.05, 3.63) is 77.4 Å². The first-order valence-electron chi connectivity index (χ1n) is 7.59. The highest BCUT2D eigenvalue weighted by Crippen LogP contribution is 2.24. The fourth-order valence-electron chi connectivity index (χ4n) is 2.25. The quantitative estimate of drug-likeness (QED) is 0.695. The van der Waals surface area contributed by atoms with Crippen molar-refractivity contribution in [3.63, 3.8) is 0 Å². The van der Waals surface area contributed by atoms with Crippen LogP contribution in [0, 0.1) is 0 Å². The summed E-state index contributed by atoms with van der Waals surface area (Å²) < 4.78 is 5.14. The van der Waals surface area contributed by atoms with Crippen LogP contribution in [0.1, 0.15) is 10.4 Å². The van der Waals surface area contributed by atoms with E-state index in [2.05, 4.69) is 15.6 Å². The van der Waals surface area contributed by atoms with Crippen LogP contribution in [0.2, 0.25) is 5.02 Å². The molecule has 0 atom stereocenters. The van der Waals surface area contributed by atoms with E-state index in [-0.39, 0.29) is 5.91 Å². The van der Waals surface area contributed by atoms with Gasteiger partial charge in [0.15, 0.2) is 0 Å². The standard InChI is InChI=1S/C19H16ClN3O2/c1-25-14-10-8-13(9-11-14)22-18-15(5-4-12-21-18)19(24)23-17-7-3-2-6-16(17)20/h2-12H,1H3,(H,21,22)(H,23,24). The van der Waals surface area contributed by atoms with Gasteiger partial charge in [0.05, 0.1) is 23.4 Å². The van der Waals surface area contributed by atoms with Crippen LogP contribution in [-0.4, -0.2) is 18.0 Å². The molecule has 0 spiro atoms. The number of para-hydroxylation sites is 1. The Kier molecular flexibility index (Phi) is 5.16. The summed E-state index contributed by atoms with van der Waals surface area (Å²) in [4.78, 5) is 16.9. The number of hydrogen-bond acceptors (Lipinski definition) is 4. The fourth-order valence-corrected chi connectivity index (χ4v) is 2.43. The molecule has 2 aromatic carbocycles. The number of amides is 1. The van der Waals surface area contributed by atoms with Crippen molar-refractivity contribution in [1.29, 1.82) is 0 Å². The van der Waals surface area contributed by atoms with Gasteiger partial charge in [0.25, 0.3) is 5.91 Å². The van der Waals surface area contributed by atoms with Crippen LogP contribution in [0.25, 0.3) is 0 Å². The second kappa shape index (κ2) is 7.68. The Morgan fingerprint density at radius 1 is 1.04 bits per heavy atom. The second-order valence-corrected chi connectivity index (χ2v) is 5.59. The highest BCUT2D eigenvalue weighted by molar-refractivity contribution is 6.34. The first-order chi connectivity index (χ1) is 12.2. The number of aromatic nitrogens is 1. The minimum atomic E-state index is -0.294. The Bertz CT molecular complexity index is 882. The topological polar surface area (TPSA) is 63.2 Å². The van der Waals surface area contributed by atoms with E-state index in [4.69, 9.17) is 16.3 Å². The summed E-state index contributed by atoms with van der Waals surface area (Å²) in [7, 11) is 1.61. The monoisotopic (exact) mass is 353 g/mol. The summed E-state index contributed by atoms with van der Waals surface area (Å²) >= 11 is 6.10. The zero-order chi connectivity index (χ0) is 17.6. The molecule has 3 rings (SSSR count). The molecular formula is C19H16ClN3O2. The third kappa shape index (κ3) is 4.08. The van der Waals surface area contributed by atoms with Crippen LogP contribution in [0.3, 0.4) is 0 Å². The summed E-state index contributed by atoms with van der Waals surface area (Å²) in [6.45, 7) is 0. The highest BCUT2D eigenvalue weighted by Gasteiger charge is 2.14. The first-order valence-corrected chi connectivity index (χ1v) is 7.97. The van der Waals surface area contributed by atoms with Gasteiger partial charge in [-0.2, -0.15) is 0 Å². The van der Waals surface area contributed by atoms with Crippen molar-refractivity contribution in [2.75, 3.05) is 17.7 Å². The van der Waals surface area contributed by atoms with Gasteiger partial charge in [-0.15, -0.1) is 0 Å². The van der Waals surface area contributed by atoms with Crippen LogP contribution in [-0.2, 0) is 0 Å². The Morgan fingerprint density at radius 3 is 2.52 bits per heavy atom. The number of pyridine rings is 1. The molecule has 0 aliphatic heterocycles. The number of ether oxygens (including phenoxy) is 1. The van der Waals surface area contributed by atoms with E-state index in [0.29, 0.717) is 22.1 Å². The Balaban J connectivity index is 1.82. The number of halogens is 1. The largest absolute Gasteiger partial charge is 0.497 e. The molecule has 0 bridgehead atoms. The lowest BCUT2D eigenvalue weighted by Crippen LogP contribution is -2.14. The molecule has 25 heavy (non-hydrogen) atoms. The van der Waals surface area contributed by atoms with Gasteiger partial charge in [-0.25, -0.2) is 4.98 Å². The van der Waals surface area contributed by atoms with Crippen LogP contribution in [0.5, 0.6) is 5.75 Å². The minimum absolute atomic E-state index is 0.294. The molecule has 0 fully saturated rings. The van der Waals surface area contributed by atoms with Crippen LogP contribution in [0.4, 0.5) is 17.2 Å². The minimum Gasteiger partial charge on any atom is -0.497 e. The van der Waals surface area contributed by atoms with Gasteiger partial charge in [-0.05, 0) is 48.5 Å². The van der Waals surface area contributed by atoms with Gasteiger partial charge >= 0.3 is 0 Å². The van der Waals surface area contributed by atoms with Gasteiger partial charge < -0.3 is 15.4 Å². The normalized spacial score (nSPS) is 10.2. The maximum Gasteiger partial charge on any atom is 0.259 e. The van der Waals surface area contributed by atoms with Crippen molar-refractivity contribution < 1.29 is 9.53 Å². The number of rotatable bonds is 5. The number of hydrogen-bond donors (Lipinski definition) is 2. The molecule has 0 aliphatic carbocycles. The van der Waals surface area contributed by atoms with Gasteiger partial charge in [-0.1, -0.05) is 23.7 Å². The first kappa shape index (κ1) is 16.8. The molecule has 1 aromatic heterocycles. The molecule has 0 saturated carbocycles. The maximum absolute atomic E-state index is 12.6. The lowest BCUT2D eigenvalue weighted by atomic mass is 10.2. The zero-order valence-electron chi connectivity index (χ0n) is 13.5. The molecule has 1 amide bonds. The zero-order valence-corrected chi connectivity index (χ0v) is 14.2. The molecule has 0 unspecified atom stereocenters. The molecule has 5 nitrogen and oxygen atoms in total. The second-order valence-electron chi connectivity index (χ2n) is 5.19. The molecule has 0 radical (unpaired) electrons. The summed E-state index contributed by atoms with van der Waals surface area (Å²) in [5, 5.41) is 6.42. The predicted molar refractivity (Wildman–Crippen MR) is 99.9 cm³/mol. The molecule has 6 heteroatoms. The van der Waals surface area contributed by atoms with E-state index in [1.165, 1.54) is 0 Å². The molecule has 0 saturated heterocycles. The summed E-state index contributed by atoms with van der Waals surface area (Å²) in [6.07, 6.45) is 1.62. The molecule has 1 heterocycles. The number of carbonyl (C=O) groups excluding carboxylic acids is 1. The van der Waals surface area contributed by atoms with Crippen LogP contribution < -0.4 is 15.4 Å². The number of nitrogens with zero attached hydrogens (tertiary/aromatic N) is 1. The molecule has 3 aromatic rings. The van der Waals surface area contributed by atoms with Crippen molar-refractivity contribution in [2.24, 2.45) is 0 Å². The van der Waals surface area contributed by atoms with Crippen molar-refractivity contribution in [1.82, 2.24) is 4.98 Å². The summed E-state index contributed by atoms with van der Waals surface area (Å²) in [5.41, 5.74) is 1.76. The average molecular weight is 354 g/mol. The van der Waals surface area contributed by atoms with Gasteiger partial charge in [0.1, 0.15) is 11.6 Å². The van der Waals surface area contributed by atoms with E-state index < -0.39 is 0 Å². The lowest BCUT2D eigenvalue weighted by Gasteiger charge is -2.12. The summed E-state index contributed by atoms with van der Waals surface area (Å²) in [6, 6.07) is 17.8. The third-order valence-corrected chi connectivity index (χ3v) is 3.86. The molecule has 126 valence electrons. The third-order valence-electron chi connectivity index (χ3n) is 3.53. The number of carbonyl (C=O) groups is 1. The van der Waals surface area contributed by atoms with Crippen LogP contribution in [0.15, 0.2) is 66.9 Å². The van der Waals surface area contributed by atoms with E-state index in [1.807, 2.05) is 24.3 Å². The van der Waals surface area contributed by atoms with E-state index >= 15 is 0 Å². The summed E-state index contributed by atoms with van der Waals surface area (Å²) in [5.74, 6) is 0.915. The van der Waals surface area contributed by atoms with E-state index in [1.54, 1.807) is 49.7 Å².